The number of amides is 2. The van der Waals surface area contributed by atoms with Crippen LogP contribution in [0.4, 0.5) is 4.79 Å². The van der Waals surface area contributed by atoms with Crippen LogP contribution in [-0.4, -0.2) is 40.9 Å². The van der Waals surface area contributed by atoms with Crippen LogP contribution in [0.2, 0.25) is 0 Å². The van der Waals surface area contributed by atoms with Crippen molar-refractivity contribution < 1.29 is 24.2 Å². The van der Waals surface area contributed by atoms with E-state index in [-0.39, 0.29) is 18.3 Å². The van der Waals surface area contributed by atoms with Crippen LogP contribution >= 0.6 is 11.8 Å². The van der Waals surface area contributed by atoms with Crippen molar-refractivity contribution in [3.05, 3.63) is 71.8 Å². The molecule has 2 amide bonds. The second kappa shape index (κ2) is 12.6. The quantitative estimate of drug-likeness (QED) is 0.490. The molecule has 0 aliphatic rings. The average Bonchev–Trinajstić information content (AvgIpc) is 2.76. The van der Waals surface area contributed by atoms with E-state index in [0.717, 1.165) is 11.1 Å². The smallest absolute Gasteiger partial charge is 0.408 e. The molecular formula is C23H28N2O5S. The lowest BCUT2D eigenvalue weighted by Crippen LogP contribution is -2.54. The molecule has 0 aromatic heterocycles. The largest absolute Gasteiger partial charge is 0.480 e. The number of thioether (sulfide) groups is 1. The van der Waals surface area contributed by atoms with Crippen molar-refractivity contribution in [3.8, 4) is 0 Å². The number of rotatable bonds is 11. The first kappa shape index (κ1) is 24.3. The van der Waals surface area contributed by atoms with Gasteiger partial charge in [-0.05, 0) is 17.0 Å². The second-order valence-electron chi connectivity index (χ2n) is 7.33. The minimum atomic E-state index is -1.12. The molecule has 0 saturated heterocycles. The van der Waals surface area contributed by atoms with Crippen LogP contribution in [0.25, 0.3) is 0 Å². The Labute approximate surface area is 186 Å². The van der Waals surface area contributed by atoms with E-state index in [1.807, 2.05) is 60.7 Å². The Morgan fingerprint density at radius 2 is 1.52 bits per heavy atom. The van der Waals surface area contributed by atoms with Gasteiger partial charge < -0.3 is 20.5 Å². The summed E-state index contributed by atoms with van der Waals surface area (Å²) in [4.78, 5) is 36.5. The number of hydrogen-bond acceptors (Lipinski definition) is 5. The van der Waals surface area contributed by atoms with Gasteiger partial charge in [-0.3, -0.25) is 4.79 Å². The fourth-order valence-corrected chi connectivity index (χ4v) is 3.74. The van der Waals surface area contributed by atoms with Crippen molar-refractivity contribution in [1.29, 1.82) is 0 Å². The number of benzene rings is 2. The van der Waals surface area contributed by atoms with Crippen molar-refractivity contribution in [3.63, 3.8) is 0 Å². The summed E-state index contributed by atoms with van der Waals surface area (Å²) in [6, 6.07) is 16.9. The maximum absolute atomic E-state index is 12.8. The van der Waals surface area contributed by atoms with E-state index in [4.69, 9.17) is 4.74 Å². The Balaban J connectivity index is 1.98. The zero-order chi connectivity index (χ0) is 22.6. The van der Waals surface area contributed by atoms with E-state index >= 15 is 0 Å². The lowest BCUT2D eigenvalue weighted by atomic mass is 10.0. The van der Waals surface area contributed by atoms with E-state index in [1.165, 1.54) is 11.8 Å². The highest BCUT2D eigenvalue weighted by Gasteiger charge is 2.28. The third-order valence-electron chi connectivity index (χ3n) is 4.45. The number of aliphatic carboxylic acids is 1. The Bertz CT molecular complexity index is 846. The molecule has 2 atom stereocenters. The molecule has 0 bridgehead atoms. The summed E-state index contributed by atoms with van der Waals surface area (Å²) in [5, 5.41) is 14.5. The normalized spacial score (nSPS) is 12.6. The SMILES string of the molecule is CC(C)[C@H](NC(=O)[C@H](CSCc1ccccc1)NC(=O)OCc1ccccc1)C(=O)O. The van der Waals surface area contributed by atoms with Crippen LogP contribution in [0, 0.1) is 5.92 Å². The fourth-order valence-electron chi connectivity index (χ4n) is 2.73. The zero-order valence-electron chi connectivity index (χ0n) is 17.6. The van der Waals surface area contributed by atoms with Crippen LogP contribution in [0.1, 0.15) is 25.0 Å². The third-order valence-corrected chi connectivity index (χ3v) is 5.55. The predicted molar refractivity (Wildman–Crippen MR) is 121 cm³/mol. The third kappa shape index (κ3) is 8.72. The summed E-state index contributed by atoms with van der Waals surface area (Å²) in [5.74, 6) is -1.06. The highest BCUT2D eigenvalue weighted by Crippen LogP contribution is 2.14. The molecule has 0 radical (unpaired) electrons. The van der Waals surface area contributed by atoms with E-state index < -0.39 is 30.1 Å². The second-order valence-corrected chi connectivity index (χ2v) is 8.36. The minimum Gasteiger partial charge on any atom is -0.480 e. The molecule has 3 N–H and O–H groups in total. The molecule has 0 fully saturated rings. The molecule has 0 heterocycles. The van der Waals surface area contributed by atoms with Gasteiger partial charge in [0.05, 0.1) is 0 Å². The van der Waals surface area contributed by atoms with Gasteiger partial charge >= 0.3 is 12.1 Å². The molecule has 0 aliphatic heterocycles. The van der Waals surface area contributed by atoms with Crippen LogP contribution in [0.3, 0.4) is 0 Å². The summed E-state index contributed by atoms with van der Waals surface area (Å²) in [6.45, 7) is 3.49. The van der Waals surface area contributed by atoms with Gasteiger partial charge in [0.2, 0.25) is 5.91 Å². The van der Waals surface area contributed by atoms with Crippen molar-refractivity contribution in [2.75, 3.05) is 5.75 Å². The molecule has 2 rings (SSSR count). The van der Waals surface area contributed by atoms with Gasteiger partial charge in [-0.1, -0.05) is 74.5 Å². The average molecular weight is 445 g/mol. The standard InChI is InChI=1S/C23H28N2O5S/c1-16(2)20(22(27)28)25-21(26)19(15-31-14-18-11-7-4-8-12-18)24-23(29)30-13-17-9-5-3-6-10-17/h3-12,16,19-20H,13-15H2,1-2H3,(H,24,29)(H,25,26)(H,27,28)/t19-,20-/m0/s1. The number of carboxylic acids is 1. The lowest BCUT2D eigenvalue weighted by molar-refractivity contribution is -0.143. The molecule has 0 aliphatic carbocycles. The first-order valence-corrected chi connectivity index (χ1v) is 11.1. The summed E-state index contributed by atoms with van der Waals surface area (Å²) in [6.07, 6.45) is -0.735. The zero-order valence-corrected chi connectivity index (χ0v) is 18.4. The van der Waals surface area contributed by atoms with Gasteiger partial charge in [0, 0.05) is 11.5 Å². The number of carbonyl (C=O) groups excluding carboxylic acids is 2. The highest BCUT2D eigenvalue weighted by molar-refractivity contribution is 7.98. The molecule has 2 aromatic carbocycles. The first-order chi connectivity index (χ1) is 14.9. The maximum atomic E-state index is 12.8. The molecule has 8 heteroatoms. The molecule has 31 heavy (non-hydrogen) atoms. The Morgan fingerprint density at radius 3 is 2.06 bits per heavy atom. The number of ether oxygens (including phenoxy) is 1. The number of carboxylic acid groups (broad SMARTS) is 1. The molecule has 166 valence electrons. The topological polar surface area (TPSA) is 105 Å². The first-order valence-electron chi connectivity index (χ1n) is 9.99. The molecule has 7 nitrogen and oxygen atoms in total. The molecule has 2 aromatic rings. The fraction of sp³-hybridized carbons (Fsp3) is 0.348. The number of nitrogens with one attached hydrogen (secondary N) is 2. The van der Waals surface area contributed by atoms with Crippen LogP contribution in [-0.2, 0) is 26.7 Å². The van der Waals surface area contributed by atoms with Gasteiger partial charge in [0.15, 0.2) is 0 Å². The van der Waals surface area contributed by atoms with E-state index in [2.05, 4.69) is 10.6 Å². The van der Waals surface area contributed by atoms with Crippen molar-refractivity contribution in [2.45, 2.75) is 38.3 Å². The Kier molecular flexibility index (Phi) is 9.90. The number of alkyl carbamates (subject to hydrolysis) is 1. The summed E-state index contributed by atoms with van der Waals surface area (Å²) < 4.78 is 5.22. The van der Waals surface area contributed by atoms with Gasteiger partial charge in [-0.2, -0.15) is 11.8 Å². The maximum Gasteiger partial charge on any atom is 0.408 e. The minimum absolute atomic E-state index is 0.0713. The van der Waals surface area contributed by atoms with Crippen molar-refractivity contribution in [2.24, 2.45) is 5.92 Å². The van der Waals surface area contributed by atoms with E-state index in [0.29, 0.717) is 5.75 Å². The van der Waals surface area contributed by atoms with Gasteiger partial charge in [-0.15, -0.1) is 0 Å². The highest BCUT2D eigenvalue weighted by atomic mass is 32.2. The summed E-state index contributed by atoms with van der Waals surface area (Å²) in [7, 11) is 0. The van der Waals surface area contributed by atoms with Gasteiger partial charge in [0.25, 0.3) is 0 Å². The van der Waals surface area contributed by atoms with Crippen LogP contribution < -0.4 is 10.6 Å². The molecule has 0 saturated carbocycles. The van der Waals surface area contributed by atoms with Gasteiger partial charge in [-0.25, -0.2) is 9.59 Å². The van der Waals surface area contributed by atoms with Crippen LogP contribution in [0.15, 0.2) is 60.7 Å². The lowest BCUT2D eigenvalue weighted by Gasteiger charge is -2.23. The molecule has 0 unspecified atom stereocenters. The van der Waals surface area contributed by atoms with Crippen molar-refractivity contribution in [1.82, 2.24) is 10.6 Å². The van der Waals surface area contributed by atoms with Crippen LogP contribution in [0.5, 0.6) is 0 Å². The molecule has 0 spiro atoms. The predicted octanol–water partition coefficient (Wildman–Crippen LogP) is 3.44. The Hall–Kier alpha value is -3.00. The molecular weight excluding hydrogens is 416 g/mol. The summed E-state index contributed by atoms with van der Waals surface area (Å²) >= 11 is 1.46. The number of hydrogen-bond donors (Lipinski definition) is 3. The number of carbonyl (C=O) groups is 3. The summed E-state index contributed by atoms with van der Waals surface area (Å²) in [5.41, 5.74) is 1.91. The van der Waals surface area contributed by atoms with Gasteiger partial charge in [0.1, 0.15) is 18.7 Å². The monoisotopic (exact) mass is 444 g/mol. The van der Waals surface area contributed by atoms with E-state index in [9.17, 15) is 19.5 Å². The van der Waals surface area contributed by atoms with E-state index in [1.54, 1.807) is 13.8 Å². The van der Waals surface area contributed by atoms with Crippen molar-refractivity contribution >= 4 is 29.7 Å². The Morgan fingerprint density at radius 1 is 0.935 bits per heavy atom.